The van der Waals surface area contributed by atoms with Gasteiger partial charge in [-0.15, -0.1) is 12.4 Å². The monoisotopic (exact) mass is 410 g/mol. The number of carbonyl (C=O) groups is 1. The Kier molecular flexibility index (Phi) is 7.10. The van der Waals surface area contributed by atoms with Crippen LogP contribution in [0.2, 0.25) is 5.02 Å². The van der Waals surface area contributed by atoms with E-state index in [-0.39, 0.29) is 17.8 Å². The highest BCUT2D eigenvalue weighted by atomic mass is 35.5. The molecule has 3 nitrogen and oxygen atoms in total. The van der Waals surface area contributed by atoms with Gasteiger partial charge < -0.3 is 10.2 Å². The lowest BCUT2D eigenvalue weighted by Crippen LogP contribution is -2.50. The van der Waals surface area contributed by atoms with E-state index in [1.54, 1.807) is 0 Å². The summed E-state index contributed by atoms with van der Waals surface area (Å²) in [5.41, 5.74) is 1.01. The maximum Gasteiger partial charge on any atom is 0.229 e. The summed E-state index contributed by atoms with van der Waals surface area (Å²) in [7, 11) is 0. The summed E-state index contributed by atoms with van der Waals surface area (Å²) in [6.07, 6.45) is 10.2. The van der Waals surface area contributed by atoms with Gasteiger partial charge in [0, 0.05) is 24.2 Å². The Morgan fingerprint density at radius 3 is 2.48 bits per heavy atom. The first-order valence-corrected chi connectivity index (χ1v) is 10.8. The summed E-state index contributed by atoms with van der Waals surface area (Å²) < 4.78 is 0. The number of halogens is 2. The Bertz CT molecular complexity index is 633. The largest absolute Gasteiger partial charge is 0.342 e. The number of nitrogens with zero attached hydrogens (tertiary/aromatic N) is 1. The van der Waals surface area contributed by atoms with Crippen LogP contribution in [0, 0.1) is 11.3 Å². The number of rotatable bonds is 6. The van der Waals surface area contributed by atoms with Gasteiger partial charge >= 0.3 is 0 Å². The van der Waals surface area contributed by atoms with Crippen molar-refractivity contribution in [2.75, 3.05) is 19.6 Å². The molecule has 0 radical (unpaired) electrons. The second-order valence-corrected chi connectivity index (χ2v) is 9.15. The lowest BCUT2D eigenvalue weighted by Gasteiger charge is -2.39. The van der Waals surface area contributed by atoms with Crippen molar-refractivity contribution in [3.63, 3.8) is 0 Å². The summed E-state index contributed by atoms with van der Waals surface area (Å²) in [6, 6.07) is 8.66. The minimum absolute atomic E-state index is 0. The second kappa shape index (κ2) is 9.15. The highest BCUT2D eigenvalue weighted by Crippen LogP contribution is 2.43. The van der Waals surface area contributed by atoms with Crippen LogP contribution in [0.3, 0.4) is 0 Å². The lowest BCUT2D eigenvalue weighted by molar-refractivity contribution is -0.143. The quantitative estimate of drug-likeness (QED) is 0.726. The fraction of sp³-hybridized carbons (Fsp3) is 0.682. The van der Waals surface area contributed by atoms with Crippen LogP contribution >= 0.6 is 24.0 Å². The van der Waals surface area contributed by atoms with E-state index in [0.717, 1.165) is 56.1 Å². The minimum atomic E-state index is -0.195. The average Bonchev–Trinajstić information content (AvgIpc) is 3.37. The first-order valence-electron chi connectivity index (χ1n) is 10.4. The van der Waals surface area contributed by atoms with Crippen LogP contribution in [0.5, 0.6) is 0 Å². The van der Waals surface area contributed by atoms with Gasteiger partial charge in [-0.3, -0.25) is 4.79 Å². The summed E-state index contributed by atoms with van der Waals surface area (Å²) >= 11 is 6.17. The molecule has 0 atom stereocenters. The zero-order valence-electron chi connectivity index (χ0n) is 16.1. The molecule has 1 aromatic rings. The van der Waals surface area contributed by atoms with Crippen molar-refractivity contribution in [1.29, 1.82) is 0 Å². The third-order valence-corrected chi connectivity index (χ3v) is 6.86. The van der Waals surface area contributed by atoms with E-state index in [2.05, 4.69) is 16.3 Å². The second-order valence-electron chi connectivity index (χ2n) is 8.71. The molecule has 2 saturated carbocycles. The topological polar surface area (TPSA) is 32.3 Å². The first kappa shape index (κ1) is 21.0. The van der Waals surface area contributed by atoms with Gasteiger partial charge in [-0.2, -0.15) is 0 Å². The van der Waals surface area contributed by atoms with Crippen molar-refractivity contribution in [2.24, 2.45) is 11.3 Å². The molecule has 1 aliphatic heterocycles. The molecule has 150 valence electrons. The van der Waals surface area contributed by atoms with Crippen molar-refractivity contribution in [2.45, 2.75) is 63.8 Å². The van der Waals surface area contributed by atoms with Crippen LogP contribution in [-0.2, 0) is 11.2 Å². The van der Waals surface area contributed by atoms with Gasteiger partial charge in [-0.25, -0.2) is 0 Å². The maximum absolute atomic E-state index is 13.5. The molecular formula is C22H32Cl2N2O. The Morgan fingerprint density at radius 2 is 1.85 bits per heavy atom. The molecule has 2 aliphatic carbocycles. The smallest absolute Gasteiger partial charge is 0.229 e. The van der Waals surface area contributed by atoms with Crippen LogP contribution in [0.25, 0.3) is 0 Å². The Morgan fingerprint density at radius 1 is 1.15 bits per heavy atom. The molecule has 0 bridgehead atoms. The summed E-state index contributed by atoms with van der Waals surface area (Å²) in [5, 5.41) is 4.48. The molecule has 1 N–H and O–H groups in total. The van der Waals surface area contributed by atoms with Crippen molar-refractivity contribution in [3.05, 3.63) is 34.9 Å². The van der Waals surface area contributed by atoms with Crippen molar-refractivity contribution >= 4 is 29.9 Å². The molecule has 1 amide bonds. The Hall–Kier alpha value is -0.770. The molecule has 4 rings (SSSR count). The SMILES string of the molecule is Cl.O=C(N1CCC(NCC2CC2)CC1)C1(Cc2cccc(Cl)c2)CCCC1. The van der Waals surface area contributed by atoms with E-state index >= 15 is 0 Å². The van der Waals surface area contributed by atoms with Crippen molar-refractivity contribution < 1.29 is 4.79 Å². The van der Waals surface area contributed by atoms with E-state index < -0.39 is 0 Å². The Labute approximate surface area is 174 Å². The highest BCUT2D eigenvalue weighted by molar-refractivity contribution is 6.30. The van der Waals surface area contributed by atoms with Crippen LogP contribution in [-0.4, -0.2) is 36.5 Å². The summed E-state index contributed by atoms with van der Waals surface area (Å²) in [5.74, 6) is 1.32. The van der Waals surface area contributed by atoms with Gasteiger partial charge in [0.25, 0.3) is 0 Å². The number of benzene rings is 1. The number of likely N-dealkylation sites (tertiary alicyclic amines) is 1. The molecule has 27 heavy (non-hydrogen) atoms. The highest BCUT2D eigenvalue weighted by Gasteiger charge is 2.44. The molecule has 0 unspecified atom stereocenters. The van der Waals surface area contributed by atoms with Crippen LogP contribution in [0.4, 0.5) is 0 Å². The van der Waals surface area contributed by atoms with Gasteiger partial charge in [0.1, 0.15) is 0 Å². The van der Waals surface area contributed by atoms with E-state index in [1.165, 1.54) is 37.8 Å². The molecule has 5 heteroatoms. The third kappa shape index (κ3) is 5.19. The van der Waals surface area contributed by atoms with Crippen molar-refractivity contribution in [3.8, 4) is 0 Å². The molecule has 3 aliphatic rings. The van der Waals surface area contributed by atoms with E-state index in [4.69, 9.17) is 11.6 Å². The van der Waals surface area contributed by atoms with E-state index in [1.807, 2.05) is 18.2 Å². The number of carbonyl (C=O) groups excluding carboxylic acids is 1. The van der Waals surface area contributed by atoms with Gasteiger partial charge in [0.2, 0.25) is 5.91 Å². The number of amides is 1. The number of nitrogens with one attached hydrogen (secondary N) is 1. The van der Waals surface area contributed by atoms with Crippen LogP contribution in [0.1, 0.15) is 56.9 Å². The molecule has 0 aromatic heterocycles. The zero-order valence-corrected chi connectivity index (χ0v) is 17.7. The van der Waals surface area contributed by atoms with Gasteiger partial charge in [0.05, 0.1) is 5.41 Å². The Balaban J connectivity index is 0.00000210. The van der Waals surface area contributed by atoms with Gasteiger partial charge in [-0.1, -0.05) is 36.6 Å². The molecule has 0 spiro atoms. The molecule has 1 saturated heterocycles. The molecule has 3 fully saturated rings. The average molecular weight is 411 g/mol. The standard InChI is InChI=1S/C22H31ClN2O.ClH/c23-19-5-3-4-18(14-19)15-22(10-1-2-11-22)21(26)25-12-8-20(9-13-25)24-16-17-6-7-17;/h3-5,14,17,20,24H,1-2,6-13,15-16H2;1H. The zero-order chi connectivity index (χ0) is 18.0. The predicted octanol–water partition coefficient (Wildman–Crippen LogP) is 4.86. The fourth-order valence-corrected chi connectivity index (χ4v) is 5.05. The predicted molar refractivity (Wildman–Crippen MR) is 114 cm³/mol. The lowest BCUT2D eigenvalue weighted by atomic mass is 9.78. The van der Waals surface area contributed by atoms with Gasteiger partial charge in [0.15, 0.2) is 0 Å². The van der Waals surface area contributed by atoms with Gasteiger partial charge in [-0.05, 0) is 75.1 Å². The van der Waals surface area contributed by atoms with Crippen LogP contribution in [0.15, 0.2) is 24.3 Å². The summed E-state index contributed by atoms with van der Waals surface area (Å²) in [6.45, 7) is 3.01. The number of hydrogen-bond acceptors (Lipinski definition) is 2. The van der Waals surface area contributed by atoms with Crippen molar-refractivity contribution in [1.82, 2.24) is 10.2 Å². The number of hydrogen-bond donors (Lipinski definition) is 1. The molecule has 1 aromatic carbocycles. The fourth-order valence-electron chi connectivity index (χ4n) is 4.83. The summed E-state index contributed by atoms with van der Waals surface area (Å²) in [4.78, 5) is 15.6. The molecule has 1 heterocycles. The number of piperidine rings is 1. The van der Waals surface area contributed by atoms with E-state index in [0.29, 0.717) is 11.9 Å². The maximum atomic E-state index is 13.5. The first-order chi connectivity index (χ1) is 12.6. The van der Waals surface area contributed by atoms with Crippen LogP contribution < -0.4 is 5.32 Å². The molecular weight excluding hydrogens is 379 g/mol. The third-order valence-electron chi connectivity index (χ3n) is 6.62. The minimum Gasteiger partial charge on any atom is -0.342 e. The normalized spacial score (nSPS) is 22.5. The van der Waals surface area contributed by atoms with E-state index in [9.17, 15) is 4.79 Å².